The standard InChI is InChI=1S/C14H20BrNO3/c1-4-16(5-2)14(18)9-19-13-7-6-11(15)8-12(13)10(3)17/h6-8,10,17H,4-5,9H2,1-3H3/t10-/m0/s1. The topological polar surface area (TPSA) is 49.8 Å². The number of ether oxygens (including phenoxy) is 1. The number of likely N-dealkylation sites (N-methyl/N-ethyl adjacent to an activating group) is 1. The molecule has 0 radical (unpaired) electrons. The number of amides is 1. The molecule has 1 aromatic carbocycles. The van der Waals surface area contributed by atoms with Crippen LogP contribution in [-0.2, 0) is 4.79 Å². The van der Waals surface area contributed by atoms with Crippen LogP contribution in [0.15, 0.2) is 22.7 Å². The number of halogens is 1. The third kappa shape index (κ3) is 4.51. The van der Waals surface area contributed by atoms with Crippen LogP contribution in [0, 0.1) is 0 Å². The van der Waals surface area contributed by atoms with Crippen LogP contribution in [0.5, 0.6) is 5.75 Å². The van der Waals surface area contributed by atoms with E-state index < -0.39 is 6.10 Å². The van der Waals surface area contributed by atoms with Crippen molar-refractivity contribution in [3.05, 3.63) is 28.2 Å². The fourth-order valence-electron chi connectivity index (χ4n) is 1.78. The Bertz CT molecular complexity index is 431. The van der Waals surface area contributed by atoms with Gasteiger partial charge in [0.15, 0.2) is 6.61 Å². The summed E-state index contributed by atoms with van der Waals surface area (Å²) in [6.45, 7) is 6.86. The highest BCUT2D eigenvalue weighted by Crippen LogP contribution is 2.28. The van der Waals surface area contributed by atoms with Crippen LogP contribution in [0.25, 0.3) is 0 Å². The van der Waals surface area contributed by atoms with E-state index >= 15 is 0 Å². The van der Waals surface area contributed by atoms with E-state index in [1.165, 1.54) is 0 Å². The van der Waals surface area contributed by atoms with Gasteiger partial charge in [0.2, 0.25) is 0 Å². The summed E-state index contributed by atoms with van der Waals surface area (Å²) in [5, 5.41) is 9.70. The van der Waals surface area contributed by atoms with E-state index in [2.05, 4.69) is 15.9 Å². The lowest BCUT2D eigenvalue weighted by molar-refractivity contribution is -0.133. The van der Waals surface area contributed by atoms with Gasteiger partial charge in [0, 0.05) is 23.1 Å². The number of aliphatic hydroxyl groups is 1. The Morgan fingerprint density at radius 1 is 1.42 bits per heavy atom. The Balaban J connectivity index is 2.75. The minimum atomic E-state index is -0.643. The van der Waals surface area contributed by atoms with Crippen molar-refractivity contribution in [3.63, 3.8) is 0 Å². The number of carbonyl (C=O) groups excluding carboxylic acids is 1. The molecule has 5 heteroatoms. The van der Waals surface area contributed by atoms with Crippen LogP contribution in [0.2, 0.25) is 0 Å². The Labute approximate surface area is 122 Å². The molecule has 0 saturated heterocycles. The van der Waals surface area contributed by atoms with Gasteiger partial charge in [-0.2, -0.15) is 0 Å². The first kappa shape index (κ1) is 16.0. The van der Waals surface area contributed by atoms with Crippen LogP contribution in [0.4, 0.5) is 0 Å². The molecular weight excluding hydrogens is 310 g/mol. The number of carbonyl (C=O) groups is 1. The molecule has 0 heterocycles. The van der Waals surface area contributed by atoms with Gasteiger partial charge in [0.05, 0.1) is 6.10 Å². The van der Waals surface area contributed by atoms with Crippen molar-refractivity contribution in [3.8, 4) is 5.75 Å². The summed E-state index contributed by atoms with van der Waals surface area (Å²) < 4.78 is 6.39. The van der Waals surface area contributed by atoms with Crippen LogP contribution in [0.3, 0.4) is 0 Å². The quantitative estimate of drug-likeness (QED) is 0.873. The van der Waals surface area contributed by atoms with Gasteiger partial charge in [-0.1, -0.05) is 15.9 Å². The summed E-state index contributed by atoms with van der Waals surface area (Å²) in [5.74, 6) is 0.489. The lowest BCUT2D eigenvalue weighted by atomic mass is 10.1. The molecule has 1 amide bonds. The smallest absolute Gasteiger partial charge is 0.260 e. The second-order valence-electron chi connectivity index (χ2n) is 4.21. The van der Waals surface area contributed by atoms with Crippen molar-refractivity contribution in [1.29, 1.82) is 0 Å². The first-order valence-corrected chi connectivity index (χ1v) is 7.16. The molecule has 4 nitrogen and oxygen atoms in total. The van der Waals surface area contributed by atoms with Crippen molar-refractivity contribution in [2.24, 2.45) is 0 Å². The number of hydrogen-bond donors (Lipinski definition) is 1. The summed E-state index contributed by atoms with van der Waals surface area (Å²) in [4.78, 5) is 13.6. The molecule has 0 aliphatic carbocycles. The SMILES string of the molecule is CCN(CC)C(=O)COc1ccc(Br)cc1[C@H](C)O. The Kier molecular flexibility index (Phi) is 6.31. The fourth-order valence-corrected chi connectivity index (χ4v) is 2.16. The number of aliphatic hydroxyl groups excluding tert-OH is 1. The average molecular weight is 330 g/mol. The minimum absolute atomic E-state index is 0.0109. The Hall–Kier alpha value is -1.07. The molecule has 1 aromatic rings. The molecule has 0 fully saturated rings. The third-order valence-corrected chi connectivity index (χ3v) is 3.38. The van der Waals surface area contributed by atoms with Crippen molar-refractivity contribution < 1.29 is 14.6 Å². The van der Waals surface area contributed by atoms with Gasteiger partial charge in [-0.25, -0.2) is 0 Å². The van der Waals surface area contributed by atoms with E-state index in [-0.39, 0.29) is 12.5 Å². The molecule has 1 N–H and O–H groups in total. The predicted molar refractivity (Wildman–Crippen MR) is 78.2 cm³/mol. The fraction of sp³-hybridized carbons (Fsp3) is 0.500. The van der Waals surface area contributed by atoms with Crippen LogP contribution in [0.1, 0.15) is 32.4 Å². The maximum Gasteiger partial charge on any atom is 0.260 e. The molecule has 0 aromatic heterocycles. The second kappa shape index (κ2) is 7.50. The second-order valence-corrected chi connectivity index (χ2v) is 5.13. The van der Waals surface area contributed by atoms with Crippen LogP contribution in [-0.4, -0.2) is 35.6 Å². The number of benzene rings is 1. The molecule has 106 valence electrons. The van der Waals surface area contributed by atoms with E-state index in [0.717, 1.165) is 4.47 Å². The molecule has 0 bridgehead atoms. The van der Waals surface area contributed by atoms with Crippen molar-refractivity contribution in [2.45, 2.75) is 26.9 Å². The number of rotatable bonds is 6. The number of nitrogens with zero attached hydrogens (tertiary/aromatic N) is 1. The summed E-state index contributed by atoms with van der Waals surface area (Å²) in [6.07, 6.45) is -0.643. The highest BCUT2D eigenvalue weighted by Gasteiger charge is 2.14. The zero-order valence-corrected chi connectivity index (χ0v) is 13.1. The molecule has 1 atom stereocenters. The molecule has 19 heavy (non-hydrogen) atoms. The molecule has 1 rings (SSSR count). The average Bonchev–Trinajstić information content (AvgIpc) is 2.38. The Morgan fingerprint density at radius 2 is 2.05 bits per heavy atom. The van der Waals surface area contributed by atoms with Crippen LogP contribution < -0.4 is 4.74 Å². The van der Waals surface area contributed by atoms with Gasteiger partial charge in [-0.15, -0.1) is 0 Å². The minimum Gasteiger partial charge on any atom is -0.483 e. The maximum absolute atomic E-state index is 11.9. The van der Waals surface area contributed by atoms with E-state index in [1.54, 1.807) is 24.0 Å². The highest BCUT2D eigenvalue weighted by molar-refractivity contribution is 9.10. The largest absolute Gasteiger partial charge is 0.483 e. The molecule has 0 unspecified atom stereocenters. The lowest BCUT2D eigenvalue weighted by Gasteiger charge is -2.20. The maximum atomic E-state index is 11.9. The van der Waals surface area contributed by atoms with E-state index in [9.17, 15) is 9.90 Å². The van der Waals surface area contributed by atoms with Gasteiger partial charge in [-0.05, 0) is 39.0 Å². The Morgan fingerprint density at radius 3 is 2.58 bits per heavy atom. The van der Waals surface area contributed by atoms with Crippen molar-refractivity contribution in [1.82, 2.24) is 4.90 Å². The zero-order chi connectivity index (χ0) is 14.4. The molecule has 0 aliphatic heterocycles. The summed E-state index contributed by atoms with van der Waals surface area (Å²) in [7, 11) is 0. The number of hydrogen-bond acceptors (Lipinski definition) is 3. The summed E-state index contributed by atoms with van der Waals surface area (Å²) in [6, 6.07) is 5.37. The predicted octanol–water partition coefficient (Wildman–Crippen LogP) is 2.75. The van der Waals surface area contributed by atoms with Gasteiger partial charge >= 0.3 is 0 Å². The normalized spacial score (nSPS) is 12.1. The van der Waals surface area contributed by atoms with E-state index in [4.69, 9.17) is 4.74 Å². The zero-order valence-electron chi connectivity index (χ0n) is 11.5. The molecule has 0 aliphatic rings. The van der Waals surface area contributed by atoms with E-state index in [1.807, 2.05) is 19.9 Å². The first-order chi connectivity index (χ1) is 8.99. The first-order valence-electron chi connectivity index (χ1n) is 6.37. The highest BCUT2D eigenvalue weighted by atomic mass is 79.9. The lowest BCUT2D eigenvalue weighted by Crippen LogP contribution is -2.34. The summed E-state index contributed by atoms with van der Waals surface area (Å²) >= 11 is 3.35. The monoisotopic (exact) mass is 329 g/mol. The third-order valence-electron chi connectivity index (χ3n) is 2.89. The van der Waals surface area contributed by atoms with Crippen molar-refractivity contribution >= 4 is 21.8 Å². The van der Waals surface area contributed by atoms with Crippen LogP contribution >= 0.6 is 15.9 Å². The van der Waals surface area contributed by atoms with Gasteiger partial charge in [0.25, 0.3) is 5.91 Å². The van der Waals surface area contributed by atoms with Gasteiger partial charge in [0.1, 0.15) is 5.75 Å². The van der Waals surface area contributed by atoms with Gasteiger partial charge in [-0.3, -0.25) is 4.79 Å². The van der Waals surface area contributed by atoms with E-state index in [0.29, 0.717) is 24.4 Å². The summed E-state index contributed by atoms with van der Waals surface area (Å²) in [5.41, 5.74) is 0.668. The van der Waals surface area contributed by atoms with Crippen molar-refractivity contribution in [2.75, 3.05) is 19.7 Å². The van der Waals surface area contributed by atoms with Gasteiger partial charge < -0.3 is 14.7 Å². The molecule has 0 spiro atoms. The molecule has 0 saturated carbocycles. The molecular formula is C14H20BrNO3.